The van der Waals surface area contributed by atoms with E-state index in [1.807, 2.05) is 38.6 Å². The molecule has 0 saturated heterocycles. The van der Waals surface area contributed by atoms with Crippen molar-refractivity contribution in [1.29, 1.82) is 5.26 Å². The molecule has 1 aromatic rings. The molecule has 4 nitrogen and oxygen atoms in total. The van der Waals surface area contributed by atoms with Crippen LogP contribution in [0.1, 0.15) is 47.0 Å². The standard InChI is InChI=1S/C14H23N3O/c1-12(2)18-13-9-16-17(10-13)8-6-5-7-14(3,4)11-15/h9-10,12H,5-8H2,1-4H3. The second kappa shape index (κ2) is 6.44. The summed E-state index contributed by atoms with van der Waals surface area (Å²) in [5.41, 5.74) is -0.212. The lowest BCUT2D eigenvalue weighted by Gasteiger charge is -2.14. The first-order chi connectivity index (χ1) is 8.43. The Morgan fingerprint density at radius 3 is 2.78 bits per heavy atom. The van der Waals surface area contributed by atoms with E-state index in [1.54, 1.807) is 6.20 Å². The van der Waals surface area contributed by atoms with Crippen LogP contribution in [-0.4, -0.2) is 15.9 Å². The Morgan fingerprint density at radius 1 is 1.44 bits per heavy atom. The van der Waals surface area contributed by atoms with Crippen LogP contribution < -0.4 is 4.74 Å². The van der Waals surface area contributed by atoms with Gasteiger partial charge >= 0.3 is 0 Å². The smallest absolute Gasteiger partial charge is 0.157 e. The van der Waals surface area contributed by atoms with Crippen molar-refractivity contribution in [3.05, 3.63) is 12.4 Å². The Labute approximate surface area is 110 Å². The minimum Gasteiger partial charge on any atom is -0.488 e. The first-order valence-electron chi connectivity index (χ1n) is 6.53. The molecule has 1 heterocycles. The number of nitrogens with zero attached hydrogens (tertiary/aromatic N) is 3. The van der Waals surface area contributed by atoms with E-state index in [-0.39, 0.29) is 11.5 Å². The third-order valence-electron chi connectivity index (χ3n) is 2.72. The highest BCUT2D eigenvalue weighted by atomic mass is 16.5. The lowest BCUT2D eigenvalue weighted by molar-refractivity contribution is 0.242. The minimum absolute atomic E-state index is 0.180. The van der Waals surface area contributed by atoms with Gasteiger partial charge in [-0.15, -0.1) is 0 Å². The highest BCUT2D eigenvalue weighted by molar-refractivity contribution is 5.11. The van der Waals surface area contributed by atoms with Gasteiger partial charge in [0.25, 0.3) is 0 Å². The summed E-state index contributed by atoms with van der Waals surface area (Å²) >= 11 is 0. The van der Waals surface area contributed by atoms with Crippen LogP contribution in [0.2, 0.25) is 0 Å². The molecule has 0 aliphatic carbocycles. The molecule has 4 heteroatoms. The van der Waals surface area contributed by atoms with Crippen LogP contribution in [0.25, 0.3) is 0 Å². The molecule has 1 aromatic heterocycles. The normalized spacial score (nSPS) is 11.6. The highest BCUT2D eigenvalue weighted by Crippen LogP contribution is 2.21. The fraction of sp³-hybridized carbons (Fsp3) is 0.714. The maximum Gasteiger partial charge on any atom is 0.157 e. The summed E-state index contributed by atoms with van der Waals surface area (Å²) in [6, 6.07) is 2.32. The Morgan fingerprint density at radius 2 is 2.17 bits per heavy atom. The number of rotatable bonds is 7. The summed E-state index contributed by atoms with van der Waals surface area (Å²) in [4.78, 5) is 0. The van der Waals surface area contributed by atoms with Crippen LogP contribution >= 0.6 is 0 Å². The Bertz CT molecular complexity index is 401. The Balaban J connectivity index is 2.28. The van der Waals surface area contributed by atoms with Gasteiger partial charge in [-0.2, -0.15) is 10.4 Å². The van der Waals surface area contributed by atoms with Crippen LogP contribution in [0.3, 0.4) is 0 Å². The van der Waals surface area contributed by atoms with Gasteiger partial charge in [-0.05, 0) is 40.5 Å². The van der Waals surface area contributed by atoms with Crippen LogP contribution in [-0.2, 0) is 6.54 Å². The molecule has 0 bridgehead atoms. The number of aromatic nitrogens is 2. The molecule has 0 saturated carbocycles. The predicted molar refractivity (Wildman–Crippen MR) is 71.2 cm³/mol. The fourth-order valence-electron chi connectivity index (χ4n) is 1.70. The summed E-state index contributed by atoms with van der Waals surface area (Å²) in [6.45, 7) is 8.84. The molecule has 0 radical (unpaired) electrons. The molecule has 0 aliphatic rings. The monoisotopic (exact) mass is 249 g/mol. The molecule has 0 aromatic carbocycles. The maximum atomic E-state index is 8.91. The zero-order valence-electron chi connectivity index (χ0n) is 11.8. The molecule has 1 rings (SSSR count). The van der Waals surface area contributed by atoms with Crippen LogP contribution in [0, 0.1) is 16.7 Å². The van der Waals surface area contributed by atoms with E-state index in [0.29, 0.717) is 0 Å². The van der Waals surface area contributed by atoms with Crippen LogP contribution in [0.5, 0.6) is 5.75 Å². The van der Waals surface area contributed by atoms with Gasteiger partial charge in [-0.25, -0.2) is 0 Å². The van der Waals surface area contributed by atoms with Gasteiger partial charge in [0.05, 0.1) is 30.0 Å². The zero-order chi connectivity index (χ0) is 13.6. The van der Waals surface area contributed by atoms with Crippen molar-refractivity contribution in [3.63, 3.8) is 0 Å². The van der Waals surface area contributed by atoms with Gasteiger partial charge in [0.15, 0.2) is 5.75 Å². The third-order valence-corrected chi connectivity index (χ3v) is 2.72. The van der Waals surface area contributed by atoms with E-state index in [1.165, 1.54) is 0 Å². The topological polar surface area (TPSA) is 50.8 Å². The number of hydrogen-bond acceptors (Lipinski definition) is 3. The van der Waals surface area contributed by atoms with Gasteiger partial charge < -0.3 is 4.74 Å². The summed E-state index contributed by atoms with van der Waals surface area (Å²) in [5, 5.41) is 13.2. The van der Waals surface area contributed by atoms with Crippen LogP contribution in [0.4, 0.5) is 0 Å². The molecule has 18 heavy (non-hydrogen) atoms. The molecule has 0 amide bonds. The molecule has 100 valence electrons. The minimum atomic E-state index is -0.212. The van der Waals surface area contributed by atoms with Gasteiger partial charge in [0.2, 0.25) is 0 Å². The first kappa shape index (κ1) is 14.6. The number of ether oxygens (including phenoxy) is 1. The third kappa shape index (κ3) is 5.22. The van der Waals surface area contributed by atoms with E-state index >= 15 is 0 Å². The van der Waals surface area contributed by atoms with Gasteiger partial charge in [0.1, 0.15) is 0 Å². The lowest BCUT2D eigenvalue weighted by atomic mass is 9.89. The van der Waals surface area contributed by atoms with Crippen molar-refractivity contribution in [3.8, 4) is 11.8 Å². The van der Waals surface area contributed by atoms with E-state index in [9.17, 15) is 0 Å². The first-order valence-corrected chi connectivity index (χ1v) is 6.53. The molecule has 0 N–H and O–H groups in total. The van der Waals surface area contributed by atoms with Crippen molar-refractivity contribution in [2.75, 3.05) is 0 Å². The number of hydrogen-bond donors (Lipinski definition) is 0. The van der Waals surface area contributed by atoms with Gasteiger partial charge in [0, 0.05) is 6.54 Å². The molecular weight excluding hydrogens is 226 g/mol. The number of nitriles is 1. The summed E-state index contributed by atoms with van der Waals surface area (Å²) in [6.07, 6.45) is 6.86. The zero-order valence-corrected chi connectivity index (χ0v) is 11.8. The molecule has 0 spiro atoms. The molecule has 0 unspecified atom stereocenters. The second-order valence-electron chi connectivity index (χ2n) is 5.56. The van der Waals surface area contributed by atoms with E-state index in [0.717, 1.165) is 31.6 Å². The van der Waals surface area contributed by atoms with Crippen molar-refractivity contribution < 1.29 is 4.74 Å². The maximum absolute atomic E-state index is 8.91. The summed E-state index contributed by atoms with van der Waals surface area (Å²) < 4.78 is 7.45. The van der Waals surface area contributed by atoms with Crippen molar-refractivity contribution >= 4 is 0 Å². The Hall–Kier alpha value is -1.50. The van der Waals surface area contributed by atoms with Gasteiger partial charge in [-0.1, -0.05) is 6.42 Å². The van der Waals surface area contributed by atoms with Crippen molar-refractivity contribution in [1.82, 2.24) is 9.78 Å². The fourth-order valence-corrected chi connectivity index (χ4v) is 1.70. The summed E-state index contributed by atoms with van der Waals surface area (Å²) in [7, 11) is 0. The summed E-state index contributed by atoms with van der Waals surface area (Å²) in [5.74, 6) is 0.822. The second-order valence-corrected chi connectivity index (χ2v) is 5.56. The number of unbranched alkanes of at least 4 members (excludes halogenated alkanes) is 1. The quantitative estimate of drug-likeness (QED) is 0.696. The van der Waals surface area contributed by atoms with E-state index in [2.05, 4.69) is 11.2 Å². The molecule has 0 fully saturated rings. The highest BCUT2D eigenvalue weighted by Gasteiger charge is 2.15. The molecule has 0 aliphatic heterocycles. The van der Waals surface area contributed by atoms with E-state index in [4.69, 9.17) is 10.00 Å². The Kier molecular flexibility index (Phi) is 5.21. The molecule has 0 atom stereocenters. The molecular formula is C14H23N3O. The van der Waals surface area contributed by atoms with Crippen molar-refractivity contribution in [2.24, 2.45) is 5.41 Å². The lowest BCUT2D eigenvalue weighted by Crippen LogP contribution is -2.08. The van der Waals surface area contributed by atoms with E-state index < -0.39 is 0 Å². The number of aryl methyl sites for hydroxylation is 1. The van der Waals surface area contributed by atoms with Crippen LogP contribution in [0.15, 0.2) is 12.4 Å². The predicted octanol–water partition coefficient (Wildman–Crippen LogP) is 3.39. The average molecular weight is 249 g/mol. The largest absolute Gasteiger partial charge is 0.488 e. The van der Waals surface area contributed by atoms with Gasteiger partial charge in [-0.3, -0.25) is 4.68 Å². The average Bonchev–Trinajstić information content (AvgIpc) is 2.71. The SMILES string of the molecule is CC(C)Oc1cnn(CCCCC(C)(C)C#N)c1. The van der Waals surface area contributed by atoms with Crippen molar-refractivity contribution in [2.45, 2.75) is 59.6 Å².